The molecule has 0 saturated heterocycles. The van der Waals surface area contributed by atoms with Gasteiger partial charge in [0, 0.05) is 5.56 Å². The Labute approximate surface area is 143 Å². The molecule has 5 nitrogen and oxygen atoms in total. The monoisotopic (exact) mass is 350 g/mol. The van der Waals surface area contributed by atoms with Gasteiger partial charge >= 0.3 is 12.6 Å². The van der Waals surface area contributed by atoms with E-state index in [1.165, 1.54) is 24.3 Å². The molecule has 25 heavy (non-hydrogen) atoms. The predicted octanol–water partition coefficient (Wildman–Crippen LogP) is 3.73. The Hall–Kier alpha value is -2.96. The molecule has 0 aliphatic rings. The Balaban J connectivity index is 1.98. The minimum Gasteiger partial charge on any atom is -0.494 e. The van der Waals surface area contributed by atoms with Crippen LogP contribution in [0.3, 0.4) is 0 Å². The van der Waals surface area contributed by atoms with Gasteiger partial charge in [0.25, 0.3) is 0 Å². The van der Waals surface area contributed by atoms with Crippen molar-refractivity contribution in [3.05, 3.63) is 59.7 Å². The summed E-state index contributed by atoms with van der Waals surface area (Å²) < 4.78 is 39.1. The van der Waals surface area contributed by atoms with Crippen molar-refractivity contribution in [3.8, 4) is 11.5 Å². The molecule has 2 aromatic carbocycles. The normalized spacial score (nSPS) is 10.4. The van der Waals surface area contributed by atoms with Crippen molar-refractivity contribution < 1.29 is 32.6 Å². The molecule has 0 unspecified atom stereocenters. The zero-order valence-electron chi connectivity index (χ0n) is 13.4. The summed E-state index contributed by atoms with van der Waals surface area (Å²) in [6.45, 7) is -1.24. The molecule has 2 rings (SSSR count). The van der Waals surface area contributed by atoms with Crippen molar-refractivity contribution in [2.24, 2.45) is 0 Å². The van der Waals surface area contributed by atoms with E-state index in [0.717, 1.165) is 0 Å². The number of carbonyl (C=O) groups excluding carboxylic acids is 2. The first-order valence-electron chi connectivity index (χ1n) is 7.48. The van der Waals surface area contributed by atoms with E-state index in [4.69, 9.17) is 9.47 Å². The van der Waals surface area contributed by atoms with Crippen LogP contribution in [0.5, 0.6) is 11.5 Å². The summed E-state index contributed by atoms with van der Waals surface area (Å²) in [7, 11) is 0. The highest BCUT2D eigenvalue weighted by Crippen LogP contribution is 2.21. The fourth-order valence-corrected chi connectivity index (χ4v) is 2.03. The third kappa shape index (κ3) is 5.27. The minimum absolute atomic E-state index is 0.178. The van der Waals surface area contributed by atoms with Gasteiger partial charge in [-0.1, -0.05) is 12.1 Å². The molecule has 132 valence electrons. The Morgan fingerprint density at radius 1 is 1.04 bits per heavy atom. The van der Waals surface area contributed by atoms with Crippen LogP contribution in [0.1, 0.15) is 27.6 Å². The van der Waals surface area contributed by atoms with Crippen LogP contribution >= 0.6 is 0 Å². The molecule has 0 N–H and O–H groups in total. The highest BCUT2D eigenvalue weighted by Gasteiger charge is 2.18. The molecule has 0 radical (unpaired) electrons. The molecule has 0 aliphatic heterocycles. The second-order valence-corrected chi connectivity index (χ2v) is 4.83. The van der Waals surface area contributed by atoms with Gasteiger partial charge in [-0.15, -0.1) is 0 Å². The number of ether oxygens (including phenoxy) is 3. The molecule has 0 aromatic heterocycles. The number of rotatable bonds is 8. The van der Waals surface area contributed by atoms with Crippen LogP contribution in [-0.2, 0) is 4.74 Å². The summed E-state index contributed by atoms with van der Waals surface area (Å²) in [6, 6.07) is 11.8. The van der Waals surface area contributed by atoms with Gasteiger partial charge in [0.05, 0.1) is 6.61 Å². The summed E-state index contributed by atoms with van der Waals surface area (Å²) >= 11 is 0. The lowest BCUT2D eigenvalue weighted by Gasteiger charge is -2.10. The van der Waals surface area contributed by atoms with Crippen molar-refractivity contribution in [1.29, 1.82) is 0 Å². The fraction of sp³-hybridized carbons (Fsp3) is 0.222. The van der Waals surface area contributed by atoms with E-state index in [0.29, 0.717) is 17.9 Å². The number of hydrogen-bond donors (Lipinski definition) is 0. The van der Waals surface area contributed by atoms with Crippen molar-refractivity contribution in [1.82, 2.24) is 0 Å². The Bertz CT molecular complexity index is 729. The largest absolute Gasteiger partial charge is 0.494 e. The topological polar surface area (TPSA) is 61.8 Å². The zero-order chi connectivity index (χ0) is 18.2. The quantitative estimate of drug-likeness (QED) is 0.536. The number of carbonyl (C=O) groups is 2. The minimum atomic E-state index is -3.07. The highest BCUT2D eigenvalue weighted by molar-refractivity contribution is 6.00. The standard InChI is InChI=1S/C18H16F2O5/c1-2-23-13-9-7-12(8-10-13)15(21)11-24-17(22)14-5-3-4-6-16(14)25-18(19)20/h3-10,18H,2,11H2,1H3. The van der Waals surface area contributed by atoms with Gasteiger partial charge in [-0.3, -0.25) is 4.79 Å². The average Bonchev–Trinajstić information content (AvgIpc) is 2.60. The van der Waals surface area contributed by atoms with E-state index >= 15 is 0 Å². The number of para-hydroxylation sites is 1. The lowest BCUT2D eigenvalue weighted by Crippen LogP contribution is -2.16. The third-order valence-electron chi connectivity index (χ3n) is 3.14. The average molecular weight is 350 g/mol. The van der Waals surface area contributed by atoms with Gasteiger partial charge in [-0.25, -0.2) is 4.79 Å². The molecule has 0 spiro atoms. The highest BCUT2D eigenvalue weighted by atomic mass is 19.3. The number of Topliss-reactive ketones (excluding diaryl/α,β-unsaturated/α-hetero) is 1. The Morgan fingerprint density at radius 3 is 2.36 bits per heavy atom. The van der Waals surface area contributed by atoms with Crippen molar-refractivity contribution in [2.45, 2.75) is 13.5 Å². The number of esters is 1. The van der Waals surface area contributed by atoms with Crippen LogP contribution < -0.4 is 9.47 Å². The smallest absolute Gasteiger partial charge is 0.387 e. The van der Waals surface area contributed by atoms with E-state index in [2.05, 4.69) is 4.74 Å². The summed E-state index contributed by atoms with van der Waals surface area (Å²) in [4.78, 5) is 24.0. The summed E-state index contributed by atoms with van der Waals surface area (Å²) in [5.74, 6) is -1.04. The van der Waals surface area contributed by atoms with Gasteiger partial charge in [0.1, 0.15) is 17.1 Å². The summed E-state index contributed by atoms with van der Waals surface area (Å²) in [5.41, 5.74) is 0.163. The molecule has 0 bridgehead atoms. The van der Waals surface area contributed by atoms with Crippen LogP contribution in [0.15, 0.2) is 48.5 Å². The number of halogens is 2. The predicted molar refractivity (Wildman–Crippen MR) is 85.3 cm³/mol. The van der Waals surface area contributed by atoms with Crippen LogP contribution in [-0.4, -0.2) is 31.6 Å². The first-order valence-corrected chi connectivity index (χ1v) is 7.48. The maximum absolute atomic E-state index is 12.3. The van der Waals surface area contributed by atoms with Gasteiger partial charge in [-0.05, 0) is 43.3 Å². The van der Waals surface area contributed by atoms with Gasteiger partial charge in [0.2, 0.25) is 0 Å². The third-order valence-corrected chi connectivity index (χ3v) is 3.14. The van der Waals surface area contributed by atoms with E-state index < -0.39 is 25.0 Å². The van der Waals surface area contributed by atoms with E-state index in [-0.39, 0.29) is 11.3 Å². The molecule has 2 aromatic rings. The number of ketones is 1. The fourth-order valence-electron chi connectivity index (χ4n) is 2.03. The SMILES string of the molecule is CCOc1ccc(C(=O)COC(=O)c2ccccc2OC(F)F)cc1. The maximum Gasteiger partial charge on any atom is 0.387 e. The Kier molecular flexibility index (Phi) is 6.45. The van der Waals surface area contributed by atoms with E-state index in [9.17, 15) is 18.4 Å². The van der Waals surface area contributed by atoms with Crippen LogP contribution in [0.25, 0.3) is 0 Å². The molecule has 0 fully saturated rings. The first kappa shape index (κ1) is 18.4. The van der Waals surface area contributed by atoms with Gasteiger partial charge in [-0.2, -0.15) is 8.78 Å². The first-order chi connectivity index (χ1) is 12.0. The van der Waals surface area contributed by atoms with Crippen LogP contribution in [0, 0.1) is 0 Å². The maximum atomic E-state index is 12.3. The Morgan fingerprint density at radius 2 is 1.72 bits per heavy atom. The molecule has 0 amide bonds. The molecule has 0 atom stereocenters. The lowest BCUT2D eigenvalue weighted by molar-refractivity contribution is -0.0504. The molecular formula is C18H16F2O5. The van der Waals surface area contributed by atoms with E-state index in [1.807, 2.05) is 6.92 Å². The lowest BCUT2D eigenvalue weighted by atomic mass is 10.1. The summed E-state index contributed by atoms with van der Waals surface area (Å²) in [5, 5.41) is 0. The molecular weight excluding hydrogens is 334 g/mol. The van der Waals surface area contributed by atoms with Crippen molar-refractivity contribution in [3.63, 3.8) is 0 Å². The van der Waals surface area contributed by atoms with Gasteiger partial charge < -0.3 is 14.2 Å². The van der Waals surface area contributed by atoms with E-state index in [1.54, 1.807) is 24.3 Å². The van der Waals surface area contributed by atoms with Crippen molar-refractivity contribution in [2.75, 3.05) is 13.2 Å². The zero-order valence-corrected chi connectivity index (χ0v) is 13.4. The van der Waals surface area contributed by atoms with Crippen molar-refractivity contribution >= 4 is 11.8 Å². The van der Waals surface area contributed by atoms with Crippen LogP contribution in [0.4, 0.5) is 8.78 Å². The molecule has 0 heterocycles. The van der Waals surface area contributed by atoms with Crippen LogP contribution in [0.2, 0.25) is 0 Å². The molecule has 7 heteroatoms. The van der Waals surface area contributed by atoms with Gasteiger partial charge in [0.15, 0.2) is 12.4 Å². The number of benzene rings is 2. The molecule has 0 saturated carbocycles. The summed E-state index contributed by atoms with van der Waals surface area (Å²) in [6.07, 6.45) is 0. The second-order valence-electron chi connectivity index (χ2n) is 4.83. The number of alkyl halides is 2. The number of hydrogen-bond acceptors (Lipinski definition) is 5. The second kappa shape index (κ2) is 8.77. The molecule has 0 aliphatic carbocycles.